The van der Waals surface area contributed by atoms with Crippen LogP contribution in [0.1, 0.15) is 48.8 Å². The molecule has 1 fully saturated rings. The maximum atomic E-state index is 13.1. The molecule has 1 saturated heterocycles. The van der Waals surface area contributed by atoms with Crippen LogP contribution in [0.4, 0.5) is 19.0 Å². The first-order valence-electron chi connectivity index (χ1n) is 10.6. The van der Waals surface area contributed by atoms with Gasteiger partial charge in [0, 0.05) is 11.1 Å². The number of alkyl halides is 3. The number of benzene rings is 1. The fourth-order valence-corrected chi connectivity index (χ4v) is 4.04. The second kappa shape index (κ2) is 10.4. The predicted octanol–water partition coefficient (Wildman–Crippen LogP) is 3.90. The number of piperidine rings is 1. The van der Waals surface area contributed by atoms with Crippen LogP contribution >= 0.6 is 0 Å². The van der Waals surface area contributed by atoms with Crippen molar-refractivity contribution in [2.75, 3.05) is 18.8 Å². The summed E-state index contributed by atoms with van der Waals surface area (Å²) in [6, 6.07) is 2.39. The van der Waals surface area contributed by atoms with E-state index < -0.39 is 11.7 Å². The van der Waals surface area contributed by atoms with Gasteiger partial charge in [-0.3, -0.25) is 0 Å². The van der Waals surface area contributed by atoms with Crippen LogP contribution in [0, 0.1) is 12.8 Å². The zero-order valence-corrected chi connectivity index (χ0v) is 17.7. The number of hydrogen-bond acceptors (Lipinski definition) is 6. The van der Waals surface area contributed by atoms with Crippen molar-refractivity contribution in [1.82, 2.24) is 30.9 Å². The van der Waals surface area contributed by atoms with E-state index in [4.69, 9.17) is 5.73 Å². The van der Waals surface area contributed by atoms with Crippen LogP contribution in [0.2, 0.25) is 0 Å². The molecule has 3 heterocycles. The molecular formula is C22H26F3N7. The van der Waals surface area contributed by atoms with Gasteiger partial charge >= 0.3 is 6.18 Å². The Morgan fingerprint density at radius 1 is 0.844 bits per heavy atom. The molecule has 2 aromatic heterocycles. The number of aromatic amines is 1. The quantitative estimate of drug-likeness (QED) is 0.491. The Hall–Kier alpha value is -3.19. The summed E-state index contributed by atoms with van der Waals surface area (Å²) in [7, 11) is 0. The number of H-pyrrole nitrogens is 1. The van der Waals surface area contributed by atoms with Gasteiger partial charge in [-0.1, -0.05) is 6.42 Å². The highest BCUT2D eigenvalue weighted by molar-refractivity contribution is 5.93. The van der Waals surface area contributed by atoms with Crippen molar-refractivity contribution in [3.8, 4) is 24.1 Å². The van der Waals surface area contributed by atoms with Gasteiger partial charge in [-0.25, -0.2) is 0 Å². The van der Waals surface area contributed by atoms with Gasteiger partial charge in [0.25, 0.3) is 0 Å². The molecule has 5 rings (SSSR count). The largest absolute Gasteiger partial charge is 0.418 e. The summed E-state index contributed by atoms with van der Waals surface area (Å²) in [4.78, 5) is 0. The first kappa shape index (κ1) is 23.5. The van der Waals surface area contributed by atoms with Crippen molar-refractivity contribution < 1.29 is 13.2 Å². The summed E-state index contributed by atoms with van der Waals surface area (Å²) in [6.07, 6.45) is 11.3. The maximum absolute atomic E-state index is 13.1. The topological polar surface area (TPSA) is 105 Å². The molecule has 10 heteroatoms. The molecular weight excluding hydrogens is 419 g/mol. The second-order valence-electron chi connectivity index (χ2n) is 7.59. The van der Waals surface area contributed by atoms with Crippen molar-refractivity contribution in [3.63, 3.8) is 0 Å². The maximum Gasteiger partial charge on any atom is 0.418 e. The summed E-state index contributed by atoms with van der Waals surface area (Å²) in [5.41, 5.74) is 7.89. The van der Waals surface area contributed by atoms with Crippen LogP contribution in [-0.4, -0.2) is 38.7 Å². The van der Waals surface area contributed by atoms with Gasteiger partial charge in [-0.05, 0) is 69.3 Å². The number of nitrogen functional groups attached to an aromatic ring is 1. The molecule has 1 aliphatic carbocycles. The van der Waals surface area contributed by atoms with Gasteiger partial charge in [-0.15, -0.1) is 23.0 Å². The highest BCUT2D eigenvalue weighted by atomic mass is 19.4. The van der Waals surface area contributed by atoms with Crippen LogP contribution in [0.5, 0.6) is 0 Å². The fraction of sp³-hybridized carbons (Fsp3) is 0.455. The first-order chi connectivity index (χ1) is 15.5. The molecule has 0 saturated carbocycles. The molecule has 0 amide bonds. The lowest BCUT2D eigenvalue weighted by atomic mass is 9.89. The average Bonchev–Trinajstić information content (AvgIpc) is 3.31. The zero-order chi connectivity index (χ0) is 23.1. The summed E-state index contributed by atoms with van der Waals surface area (Å²) in [5, 5.41) is 21.3. The molecule has 0 atom stereocenters. The van der Waals surface area contributed by atoms with Crippen LogP contribution in [0.15, 0.2) is 12.1 Å². The molecule has 2 aliphatic rings. The zero-order valence-electron chi connectivity index (χ0n) is 17.7. The third kappa shape index (κ3) is 4.99. The van der Waals surface area contributed by atoms with Gasteiger partial charge < -0.3 is 11.1 Å². The summed E-state index contributed by atoms with van der Waals surface area (Å²) in [5.74, 6) is 0.386. The molecule has 0 spiro atoms. The number of nitrogens with zero attached hydrogens (tertiary/aromatic N) is 4. The molecule has 4 N–H and O–H groups in total. The number of anilines is 1. The Kier molecular flexibility index (Phi) is 7.64. The lowest BCUT2D eigenvalue weighted by molar-refractivity contribution is -0.136. The number of aromatic nitrogens is 5. The average molecular weight is 445 g/mol. The first-order valence-corrected chi connectivity index (χ1v) is 10.6. The SMILES string of the molecule is C#C.C1CCNCC1.Nc1nnc(-c2ccc(C(F)(F)F)c3n[nH]nc23)c2c1CCCC2. The molecule has 0 unspecified atom stereocenters. The predicted molar refractivity (Wildman–Crippen MR) is 118 cm³/mol. The summed E-state index contributed by atoms with van der Waals surface area (Å²) < 4.78 is 39.4. The van der Waals surface area contributed by atoms with Crippen LogP contribution < -0.4 is 11.1 Å². The van der Waals surface area contributed by atoms with Crippen molar-refractivity contribution in [2.24, 2.45) is 0 Å². The minimum Gasteiger partial charge on any atom is -0.382 e. The van der Waals surface area contributed by atoms with E-state index in [0.29, 0.717) is 17.1 Å². The van der Waals surface area contributed by atoms with Crippen LogP contribution in [0.25, 0.3) is 22.3 Å². The van der Waals surface area contributed by atoms with Crippen molar-refractivity contribution in [2.45, 2.75) is 51.1 Å². The molecule has 0 bridgehead atoms. The van der Waals surface area contributed by atoms with Gasteiger partial charge in [0.1, 0.15) is 16.9 Å². The number of terminal acetylenes is 1. The number of nitrogens with two attached hydrogens (primary N) is 1. The molecule has 3 aromatic rings. The van der Waals surface area contributed by atoms with Gasteiger partial charge in [0.15, 0.2) is 0 Å². The molecule has 1 aliphatic heterocycles. The third-order valence-electron chi connectivity index (χ3n) is 5.56. The minimum absolute atomic E-state index is 0.136. The lowest BCUT2D eigenvalue weighted by Crippen LogP contribution is -2.21. The number of rotatable bonds is 1. The molecule has 0 radical (unpaired) electrons. The van der Waals surface area contributed by atoms with Gasteiger partial charge in [-0.2, -0.15) is 28.6 Å². The number of nitrogens with one attached hydrogen (secondary N) is 2. The van der Waals surface area contributed by atoms with E-state index in [2.05, 4.69) is 43.8 Å². The minimum atomic E-state index is -4.50. The number of hydrogen-bond donors (Lipinski definition) is 3. The van der Waals surface area contributed by atoms with E-state index >= 15 is 0 Å². The molecule has 1 aromatic carbocycles. The van der Waals surface area contributed by atoms with E-state index in [-0.39, 0.29) is 11.0 Å². The smallest absolute Gasteiger partial charge is 0.382 e. The Bertz CT molecular complexity index is 1060. The summed E-state index contributed by atoms with van der Waals surface area (Å²) in [6.45, 7) is 2.50. The van der Waals surface area contributed by atoms with E-state index in [1.165, 1.54) is 38.4 Å². The van der Waals surface area contributed by atoms with Gasteiger partial charge in [0.2, 0.25) is 0 Å². The number of halogens is 3. The number of fused-ring (bicyclic) bond motifs is 2. The second-order valence-corrected chi connectivity index (χ2v) is 7.59. The highest BCUT2D eigenvalue weighted by Gasteiger charge is 2.35. The Morgan fingerprint density at radius 2 is 1.50 bits per heavy atom. The normalized spacial score (nSPS) is 15.7. The van der Waals surface area contributed by atoms with Crippen molar-refractivity contribution in [3.05, 3.63) is 28.8 Å². The van der Waals surface area contributed by atoms with Crippen LogP contribution in [-0.2, 0) is 19.0 Å². The standard InChI is InChI=1S/C15H13F3N6.C5H11N.C2H2/c16-15(17,18)10-6-5-9(12-13(10)22-24-21-12)11-7-3-1-2-4-8(7)14(19)23-20-11;1-2-4-6-5-3-1;1-2/h5-6H,1-4H2,(H2,19,23)(H,21,22,24);6H,1-5H2;1-2H. The van der Waals surface area contributed by atoms with E-state index in [1.54, 1.807) is 0 Å². The Labute approximate surface area is 184 Å². The van der Waals surface area contributed by atoms with E-state index in [0.717, 1.165) is 42.9 Å². The van der Waals surface area contributed by atoms with Gasteiger partial charge in [0.05, 0.1) is 11.3 Å². The highest BCUT2D eigenvalue weighted by Crippen LogP contribution is 2.39. The van der Waals surface area contributed by atoms with E-state index in [9.17, 15) is 13.2 Å². The third-order valence-corrected chi connectivity index (χ3v) is 5.56. The molecule has 170 valence electrons. The van der Waals surface area contributed by atoms with Crippen LogP contribution in [0.3, 0.4) is 0 Å². The van der Waals surface area contributed by atoms with Crippen molar-refractivity contribution >= 4 is 16.9 Å². The fourth-order valence-electron chi connectivity index (χ4n) is 4.04. The summed E-state index contributed by atoms with van der Waals surface area (Å²) >= 11 is 0. The Morgan fingerprint density at radius 3 is 2.09 bits per heavy atom. The van der Waals surface area contributed by atoms with Crippen molar-refractivity contribution in [1.29, 1.82) is 0 Å². The molecule has 7 nitrogen and oxygen atoms in total. The monoisotopic (exact) mass is 445 g/mol. The Balaban J connectivity index is 0.000000309. The van der Waals surface area contributed by atoms with E-state index in [1.807, 2.05) is 0 Å². The molecule has 32 heavy (non-hydrogen) atoms. The lowest BCUT2D eigenvalue weighted by Gasteiger charge is -2.19.